The average Bonchev–Trinajstić information content (AvgIpc) is 2.77. The first-order chi connectivity index (χ1) is 15.7. The lowest BCUT2D eigenvalue weighted by atomic mass is 10.2. The number of pyridine rings is 1. The minimum atomic E-state index is -4.66. The van der Waals surface area contributed by atoms with Crippen LogP contribution in [0.1, 0.15) is 23.0 Å². The highest BCUT2D eigenvalue weighted by atomic mass is 19.4. The molecule has 33 heavy (non-hydrogen) atoms. The van der Waals surface area contributed by atoms with Gasteiger partial charge in [-0.1, -0.05) is 12.1 Å². The third-order valence-electron chi connectivity index (χ3n) is 4.16. The number of nitrogens with one attached hydrogen (secondary N) is 4. The lowest BCUT2D eigenvalue weighted by molar-refractivity contribution is -0.137. The Bertz CT molecular complexity index is 1120. The van der Waals surface area contributed by atoms with Gasteiger partial charge in [-0.25, -0.2) is 4.98 Å². The Hall–Kier alpha value is -4.22. The standard InChI is InChI=1S/C21H20F3N7O2/c1-13(32)25-9-10-27-18-16(21(22,23)24)12-28-20(31-18)30-15-6-4-5-14(11-15)29-19(33)17-7-2-3-8-26-17/h2-8,11-12H,9-10H2,1H3,(H,25,32)(H,29,33)(H2,27,28,30,31). The van der Waals surface area contributed by atoms with Gasteiger partial charge in [0.25, 0.3) is 5.91 Å². The summed E-state index contributed by atoms with van der Waals surface area (Å²) >= 11 is 0. The second kappa shape index (κ2) is 10.4. The van der Waals surface area contributed by atoms with Crippen LogP contribution in [0.4, 0.5) is 36.3 Å². The highest BCUT2D eigenvalue weighted by molar-refractivity contribution is 6.03. The maximum absolute atomic E-state index is 13.3. The summed E-state index contributed by atoms with van der Waals surface area (Å²) in [7, 11) is 0. The number of aromatic nitrogens is 3. The number of hydrogen-bond acceptors (Lipinski definition) is 7. The Balaban J connectivity index is 1.74. The molecular formula is C21H20F3N7O2. The van der Waals surface area contributed by atoms with E-state index in [1.807, 2.05) is 0 Å². The van der Waals surface area contributed by atoms with E-state index in [1.165, 1.54) is 13.1 Å². The van der Waals surface area contributed by atoms with E-state index in [4.69, 9.17) is 0 Å². The molecule has 0 unspecified atom stereocenters. The van der Waals surface area contributed by atoms with E-state index in [0.717, 1.165) is 0 Å². The first-order valence-corrected chi connectivity index (χ1v) is 9.74. The van der Waals surface area contributed by atoms with Gasteiger partial charge in [0, 0.05) is 43.8 Å². The minimum absolute atomic E-state index is 0.0359. The van der Waals surface area contributed by atoms with Crippen LogP contribution in [0.15, 0.2) is 54.9 Å². The number of anilines is 4. The summed E-state index contributed by atoms with van der Waals surface area (Å²) < 4.78 is 39.9. The van der Waals surface area contributed by atoms with Gasteiger partial charge in [0.2, 0.25) is 11.9 Å². The summed E-state index contributed by atoms with van der Waals surface area (Å²) in [6.07, 6.45) is -2.50. The lowest BCUT2D eigenvalue weighted by Crippen LogP contribution is -2.27. The molecule has 0 bridgehead atoms. The van der Waals surface area contributed by atoms with E-state index in [9.17, 15) is 22.8 Å². The Morgan fingerprint density at radius 2 is 1.79 bits per heavy atom. The Kier molecular flexibility index (Phi) is 7.38. The smallest absolute Gasteiger partial charge is 0.368 e. The summed E-state index contributed by atoms with van der Waals surface area (Å²) in [5.41, 5.74) is 0.0816. The highest BCUT2D eigenvalue weighted by Gasteiger charge is 2.35. The van der Waals surface area contributed by atoms with E-state index in [0.29, 0.717) is 17.6 Å². The first-order valence-electron chi connectivity index (χ1n) is 9.74. The van der Waals surface area contributed by atoms with Crippen LogP contribution in [-0.4, -0.2) is 39.9 Å². The Labute approximate surface area is 186 Å². The van der Waals surface area contributed by atoms with E-state index in [1.54, 1.807) is 42.5 Å². The predicted octanol–water partition coefficient (Wildman–Crippen LogP) is 3.43. The molecule has 0 aliphatic carbocycles. The second-order valence-electron chi connectivity index (χ2n) is 6.74. The number of carbonyl (C=O) groups excluding carboxylic acids is 2. The maximum atomic E-state index is 13.3. The van der Waals surface area contributed by atoms with E-state index < -0.39 is 23.5 Å². The van der Waals surface area contributed by atoms with Crippen LogP contribution in [0, 0.1) is 0 Å². The Morgan fingerprint density at radius 3 is 2.48 bits per heavy atom. The van der Waals surface area contributed by atoms with Crippen molar-refractivity contribution in [3.8, 4) is 0 Å². The van der Waals surface area contributed by atoms with Crippen LogP contribution >= 0.6 is 0 Å². The van der Waals surface area contributed by atoms with Gasteiger partial charge in [0.05, 0.1) is 0 Å². The zero-order valence-electron chi connectivity index (χ0n) is 17.4. The molecule has 2 amide bonds. The molecule has 2 heterocycles. The van der Waals surface area contributed by atoms with Gasteiger partial charge in [0.15, 0.2) is 0 Å². The third kappa shape index (κ3) is 6.89. The molecule has 4 N–H and O–H groups in total. The predicted molar refractivity (Wildman–Crippen MR) is 116 cm³/mol. The van der Waals surface area contributed by atoms with Crippen LogP contribution in [0.2, 0.25) is 0 Å². The van der Waals surface area contributed by atoms with Crippen molar-refractivity contribution in [3.05, 3.63) is 66.1 Å². The van der Waals surface area contributed by atoms with Crippen molar-refractivity contribution < 1.29 is 22.8 Å². The van der Waals surface area contributed by atoms with Crippen molar-refractivity contribution in [1.82, 2.24) is 20.3 Å². The third-order valence-corrected chi connectivity index (χ3v) is 4.16. The normalized spacial score (nSPS) is 10.9. The molecular weight excluding hydrogens is 439 g/mol. The number of benzene rings is 1. The van der Waals surface area contributed by atoms with Crippen molar-refractivity contribution in [2.45, 2.75) is 13.1 Å². The van der Waals surface area contributed by atoms with Gasteiger partial charge < -0.3 is 21.3 Å². The fraction of sp³-hybridized carbons (Fsp3) is 0.190. The quantitative estimate of drug-likeness (QED) is 0.381. The second-order valence-corrected chi connectivity index (χ2v) is 6.74. The van der Waals surface area contributed by atoms with Crippen molar-refractivity contribution >= 4 is 35.0 Å². The van der Waals surface area contributed by atoms with Crippen molar-refractivity contribution in [2.24, 2.45) is 0 Å². The fourth-order valence-electron chi connectivity index (χ4n) is 2.70. The van der Waals surface area contributed by atoms with Crippen LogP contribution in [0.3, 0.4) is 0 Å². The molecule has 12 heteroatoms. The van der Waals surface area contributed by atoms with Crippen molar-refractivity contribution in [3.63, 3.8) is 0 Å². The minimum Gasteiger partial charge on any atom is -0.368 e. The molecule has 0 spiro atoms. The molecule has 0 saturated carbocycles. The van der Waals surface area contributed by atoms with Gasteiger partial charge in [-0.15, -0.1) is 0 Å². The van der Waals surface area contributed by atoms with Crippen molar-refractivity contribution in [2.75, 3.05) is 29.0 Å². The van der Waals surface area contributed by atoms with Gasteiger partial charge in [-0.3, -0.25) is 14.6 Å². The number of halogens is 3. The average molecular weight is 459 g/mol. The zero-order valence-corrected chi connectivity index (χ0v) is 17.4. The van der Waals surface area contributed by atoms with Gasteiger partial charge in [0.1, 0.15) is 17.1 Å². The van der Waals surface area contributed by atoms with Gasteiger partial charge in [-0.05, 0) is 30.3 Å². The number of amides is 2. The summed E-state index contributed by atoms with van der Waals surface area (Å²) in [6.45, 7) is 1.46. The van der Waals surface area contributed by atoms with Crippen LogP contribution in [-0.2, 0) is 11.0 Å². The highest BCUT2D eigenvalue weighted by Crippen LogP contribution is 2.34. The first kappa shape index (κ1) is 23.4. The molecule has 0 aliphatic heterocycles. The van der Waals surface area contributed by atoms with Crippen LogP contribution in [0.25, 0.3) is 0 Å². The Morgan fingerprint density at radius 1 is 1.00 bits per heavy atom. The molecule has 0 aliphatic rings. The van der Waals surface area contributed by atoms with Crippen LogP contribution < -0.4 is 21.3 Å². The maximum Gasteiger partial charge on any atom is 0.421 e. The van der Waals surface area contributed by atoms with E-state index >= 15 is 0 Å². The number of hydrogen-bond donors (Lipinski definition) is 4. The number of nitrogens with zero attached hydrogens (tertiary/aromatic N) is 3. The zero-order chi connectivity index (χ0) is 23.8. The summed E-state index contributed by atoms with van der Waals surface area (Å²) in [5.74, 6) is -1.22. The topological polar surface area (TPSA) is 121 Å². The lowest BCUT2D eigenvalue weighted by Gasteiger charge is -2.15. The van der Waals surface area contributed by atoms with Gasteiger partial charge >= 0.3 is 6.18 Å². The largest absolute Gasteiger partial charge is 0.421 e. The monoisotopic (exact) mass is 459 g/mol. The SMILES string of the molecule is CC(=O)NCCNc1nc(Nc2cccc(NC(=O)c3ccccn3)c2)ncc1C(F)(F)F. The number of carbonyl (C=O) groups is 2. The molecule has 1 aromatic carbocycles. The molecule has 172 valence electrons. The summed E-state index contributed by atoms with van der Waals surface area (Å²) in [4.78, 5) is 34.8. The molecule has 9 nitrogen and oxygen atoms in total. The van der Waals surface area contributed by atoms with E-state index in [-0.39, 0.29) is 30.6 Å². The number of rotatable bonds is 8. The summed E-state index contributed by atoms with van der Waals surface area (Å²) in [6, 6.07) is 11.4. The number of alkyl halides is 3. The van der Waals surface area contributed by atoms with Crippen molar-refractivity contribution in [1.29, 1.82) is 0 Å². The molecule has 0 atom stereocenters. The molecule has 3 rings (SSSR count). The fourth-order valence-corrected chi connectivity index (χ4v) is 2.70. The molecule has 2 aromatic heterocycles. The molecule has 0 radical (unpaired) electrons. The molecule has 3 aromatic rings. The van der Waals surface area contributed by atoms with E-state index in [2.05, 4.69) is 36.2 Å². The molecule has 0 saturated heterocycles. The van der Waals surface area contributed by atoms with Gasteiger partial charge in [-0.2, -0.15) is 18.2 Å². The van der Waals surface area contributed by atoms with Crippen LogP contribution in [0.5, 0.6) is 0 Å². The molecule has 0 fully saturated rings. The summed E-state index contributed by atoms with van der Waals surface area (Å²) in [5, 5.41) is 10.6.